The van der Waals surface area contributed by atoms with Crippen LogP contribution in [0.5, 0.6) is 0 Å². The zero-order valence-electron chi connectivity index (χ0n) is 7.47. The maximum atomic E-state index is 6.04. The first-order valence-corrected chi connectivity index (χ1v) is 5.40. The minimum absolute atomic E-state index is 0.176. The number of hydrogen-bond donors (Lipinski definition) is 1. The molecule has 66 valence electrons. The third-order valence-corrected chi connectivity index (χ3v) is 3.71. The van der Waals surface area contributed by atoms with Crippen LogP contribution in [0, 0.1) is 0 Å². The SMILES string of the molecule is CCc1ccc(CC2(N)CC2)s1. The molecular formula is C10H15NS. The van der Waals surface area contributed by atoms with Gasteiger partial charge in [0, 0.05) is 15.3 Å². The van der Waals surface area contributed by atoms with E-state index in [1.165, 1.54) is 22.6 Å². The Morgan fingerprint density at radius 2 is 2.08 bits per heavy atom. The lowest BCUT2D eigenvalue weighted by molar-refractivity contribution is 0.679. The van der Waals surface area contributed by atoms with Crippen molar-refractivity contribution in [3.63, 3.8) is 0 Å². The highest BCUT2D eigenvalue weighted by Crippen LogP contribution is 2.37. The Balaban J connectivity index is 2.03. The first-order chi connectivity index (χ1) is 5.72. The second-order valence-electron chi connectivity index (χ2n) is 3.76. The quantitative estimate of drug-likeness (QED) is 0.761. The Bertz CT molecular complexity index is 273. The van der Waals surface area contributed by atoms with E-state index >= 15 is 0 Å². The van der Waals surface area contributed by atoms with Gasteiger partial charge in [0.25, 0.3) is 0 Å². The van der Waals surface area contributed by atoms with Gasteiger partial charge in [-0.05, 0) is 37.8 Å². The summed E-state index contributed by atoms with van der Waals surface area (Å²) in [5.41, 5.74) is 6.21. The third kappa shape index (κ3) is 1.70. The number of rotatable bonds is 3. The normalized spacial score (nSPS) is 19.5. The summed E-state index contributed by atoms with van der Waals surface area (Å²) in [5.74, 6) is 0. The highest BCUT2D eigenvalue weighted by molar-refractivity contribution is 7.12. The third-order valence-electron chi connectivity index (χ3n) is 2.48. The minimum atomic E-state index is 0.176. The molecule has 1 heterocycles. The summed E-state index contributed by atoms with van der Waals surface area (Å²) in [7, 11) is 0. The van der Waals surface area contributed by atoms with Crippen molar-refractivity contribution < 1.29 is 0 Å². The van der Waals surface area contributed by atoms with E-state index in [0.29, 0.717) is 0 Å². The fourth-order valence-corrected chi connectivity index (χ4v) is 2.50. The van der Waals surface area contributed by atoms with Crippen LogP contribution in [0.2, 0.25) is 0 Å². The molecule has 0 aliphatic heterocycles. The molecule has 0 saturated heterocycles. The Hall–Kier alpha value is -0.340. The summed E-state index contributed by atoms with van der Waals surface area (Å²) in [5, 5.41) is 0. The highest BCUT2D eigenvalue weighted by Gasteiger charge is 2.38. The summed E-state index contributed by atoms with van der Waals surface area (Å²) >= 11 is 1.92. The molecular weight excluding hydrogens is 166 g/mol. The molecule has 0 radical (unpaired) electrons. The van der Waals surface area contributed by atoms with Gasteiger partial charge in [-0.25, -0.2) is 0 Å². The van der Waals surface area contributed by atoms with Crippen molar-refractivity contribution in [1.29, 1.82) is 0 Å². The van der Waals surface area contributed by atoms with E-state index in [0.717, 1.165) is 12.8 Å². The Kier molecular flexibility index (Phi) is 1.97. The molecule has 1 aromatic rings. The van der Waals surface area contributed by atoms with Gasteiger partial charge < -0.3 is 5.73 Å². The van der Waals surface area contributed by atoms with Crippen molar-refractivity contribution >= 4 is 11.3 Å². The fraction of sp³-hybridized carbons (Fsp3) is 0.600. The number of thiophene rings is 1. The summed E-state index contributed by atoms with van der Waals surface area (Å²) in [6, 6.07) is 4.46. The lowest BCUT2D eigenvalue weighted by atomic mass is 10.2. The van der Waals surface area contributed by atoms with Crippen molar-refractivity contribution in [3.8, 4) is 0 Å². The van der Waals surface area contributed by atoms with Gasteiger partial charge in [0.1, 0.15) is 0 Å². The molecule has 0 aromatic carbocycles. The van der Waals surface area contributed by atoms with E-state index in [9.17, 15) is 0 Å². The van der Waals surface area contributed by atoms with Crippen molar-refractivity contribution in [1.82, 2.24) is 0 Å². The van der Waals surface area contributed by atoms with E-state index in [1.807, 2.05) is 11.3 Å². The smallest absolute Gasteiger partial charge is 0.0204 e. The minimum Gasteiger partial charge on any atom is -0.325 e. The average molecular weight is 181 g/mol. The molecule has 1 aliphatic rings. The van der Waals surface area contributed by atoms with Gasteiger partial charge in [-0.1, -0.05) is 6.92 Å². The molecule has 2 N–H and O–H groups in total. The summed E-state index contributed by atoms with van der Waals surface area (Å²) in [6.07, 6.45) is 4.68. The van der Waals surface area contributed by atoms with Crippen LogP contribution < -0.4 is 5.73 Å². The zero-order valence-corrected chi connectivity index (χ0v) is 8.29. The second kappa shape index (κ2) is 2.86. The highest BCUT2D eigenvalue weighted by atomic mass is 32.1. The number of nitrogens with two attached hydrogens (primary N) is 1. The van der Waals surface area contributed by atoms with Gasteiger partial charge in [-0.3, -0.25) is 0 Å². The second-order valence-corrected chi connectivity index (χ2v) is 5.01. The van der Waals surface area contributed by atoms with Crippen molar-refractivity contribution in [2.24, 2.45) is 5.73 Å². The first-order valence-electron chi connectivity index (χ1n) is 4.58. The molecule has 1 nitrogen and oxygen atoms in total. The van der Waals surface area contributed by atoms with E-state index in [2.05, 4.69) is 19.1 Å². The molecule has 2 rings (SSSR count). The summed E-state index contributed by atoms with van der Waals surface area (Å²) in [4.78, 5) is 2.95. The van der Waals surface area contributed by atoms with Crippen molar-refractivity contribution in [2.75, 3.05) is 0 Å². The van der Waals surface area contributed by atoms with Gasteiger partial charge in [-0.15, -0.1) is 11.3 Å². The van der Waals surface area contributed by atoms with Crippen LogP contribution in [0.25, 0.3) is 0 Å². The van der Waals surface area contributed by atoms with Crippen molar-refractivity contribution in [2.45, 2.75) is 38.1 Å². The molecule has 0 bridgehead atoms. The van der Waals surface area contributed by atoms with Crippen LogP contribution in [0.15, 0.2) is 12.1 Å². The molecule has 1 fully saturated rings. The predicted octanol–water partition coefficient (Wildman–Crippen LogP) is 2.34. The monoisotopic (exact) mass is 181 g/mol. The van der Waals surface area contributed by atoms with Gasteiger partial charge in [0.2, 0.25) is 0 Å². The maximum Gasteiger partial charge on any atom is 0.0204 e. The van der Waals surface area contributed by atoms with E-state index in [1.54, 1.807) is 0 Å². The van der Waals surface area contributed by atoms with E-state index in [-0.39, 0.29) is 5.54 Å². The fourth-order valence-electron chi connectivity index (χ4n) is 1.39. The van der Waals surface area contributed by atoms with E-state index < -0.39 is 0 Å². The number of aryl methyl sites for hydroxylation is 1. The zero-order chi connectivity index (χ0) is 8.60. The van der Waals surface area contributed by atoms with Crippen LogP contribution in [-0.4, -0.2) is 5.54 Å². The van der Waals surface area contributed by atoms with E-state index in [4.69, 9.17) is 5.73 Å². The Morgan fingerprint density at radius 1 is 1.42 bits per heavy atom. The lowest BCUT2D eigenvalue weighted by Crippen LogP contribution is -2.23. The summed E-state index contributed by atoms with van der Waals surface area (Å²) in [6.45, 7) is 2.20. The molecule has 0 atom stereocenters. The summed E-state index contributed by atoms with van der Waals surface area (Å²) < 4.78 is 0. The number of hydrogen-bond acceptors (Lipinski definition) is 2. The van der Waals surface area contributed by atoms with Crippen LogP contribution >= 0.6 is 11.3 Å². The van der Waals surface area contributed by atoms with Crippen LogP contribution in [0.1, 0.15) is 29.5 Å². The van der Waals surface area contributed by atoms with Crippen LogP contribution in [0.4, 0.5) is 0 Å². The largest absolute Gasteiger partial charge is 0.325 e. The molecule has 1 aliphatic carbocycles. The Labute approximate surface area is 77.6 Å². The van der Waals surface area contributed by atoms with Gasteiger partial charge in [0.05, 0.1) is 0 Å². The standard InChI is InChI=1S/C10H15NS/c1-2-8-3-4-9(12-8)7-10(11)5-6-10/h3-4H,2,5-7,11H2,1H3. The molecule has 0 unspecified atom stereocenters. The Morgan fingerprint density at radius 3 is 2.58 bits per heavy atom. The average Bonchev–Trinajstić information content (AvgIpc) is 2.63. The molecule has 1 saturated carbocycles. The predicted molar refractivity (Wildman–Crippen MR) is 53.6 cm³/mol. The van der Waals surface area contributed by atoms with Crippen LogP contribution in [-0.2, 0) is 12.8 Å². The lowest BCUT2D eigenvalue weighted by Gasteiger charge is -2.04. The molecule has 0 spiro atoms. The molecule has 1 aromatic heterocycles. The van der Waals surface area contributed by atoms with Gasteiger partial charge in [-0.2, -0.15) is 0 Å². The molecule has 2 heteroatoms. The van der Waals surface area contributed by atoms with Gasteiger partial charge in [0.15, 0.2) is 0 Å². The van der Waals surface area contributed by atoms with Gasteiger partial charge >= 0.3 is 0 Å². The maximum absolute atomic E-state index is 6.04. The topological polar surface area (TPSA) is 26.0 Å². The van der Waals surface area contributed by atoms with Crippen LogP contribution in [0.3, 0.4) is 0 Å². The molecule has 0 amide bonds. The van der Waals surface area contributed by atoms with Crippen molar-refractivity contribution in [3.05, 3.63) is 21.9 Å². The molecule has 12 heavy (non-hydrogen) atoms. The first kappa shape index (κ1) is 8.27.